The molecular weight excluding hydrogens is 326 g/mol. The molecule has 0 bridgehead atoms. The summed E-state index contributed by atoms with van der Waals surface area (Å²) in [4.78, 5) is 12.8. The molecule has 1 fully saturated rings. The number of rotatable bonds is 4. The molecule has 2 amide bonds. The van der Waals surface area contributed by atoms with Crippen LogP contribution >= 0.6 is 0 Å². The minimum atomic E-state index is -3.88. The lowest BCUT2D eigenvalue weighted by atomic mass is 10.2. The monoisotopic (exact) mass is 353 g/mol. The Kier molecular flexibility index (Phi) is 6.23. The van der Waals surface area contributed by atoms with Crippen molar-refractivity contribution >= 4 is 16.1 Å². The van der Waals surface area contributed by atoms with Crippen molar-refractivity contribution in [3.8, 4) is 0 Å². The minimum absolute atomic E-state index is 0.132. The summed E-state index contributed by atoms with van der Waals surface area (Å²) in [5, 5.41) is 1.83. The predicted octanol–water partition coefficient (Wildman–Crippen LogP) is 2.89. The lowest BCUT2D eigenvalue weighted by Gasteiger charge is -2.30. The van der Waals surface area contributed by atoms with Gasteiger partial charge >= 0.3 is 6.03 Å². The Bertz CT molecular complexity index is 648. The molecular formula is C17H27N3O3S. The van der Waals surface area contributed by atoms with Crippen molar-refractivity contribution in [1.82, 2.24) is 14.7 Å². The van der Waals surface area contributed by atoms with Gasteiger partial charge in [0.25, 0.3) is 10.0 Å². The van der Waals surface area contributed by atoms with Crippen LogP contribution in [0.2, 0.25) is 0 Å². The minimum Gasteiger partial charge on any atom is -0.270 e. The van der Waals surface area contributed by atoms with Crippen LogP contribution in [0.5, 0.6) is 0 Å². The Labute approximate surface area is 144 Å². The Hall–Kier alpha value is -1.60. The second kappa shape index (κ2) is 7.98. The first-order valence-electron chi connectivity index (χ1n) is 8.49. The number of amides is 2. The molecule has 1 aromatic carbocycles. The van der Waals surface area contributed by atoms with Crippen molar-refractivity contribution < 1.29 is 13.2 Å². The first kappa shape index (κ1) is 18.7. The molecule has 0 spiro atoms. The molecule has 24 heavy (non-hydrogen) atoms. The van der Waals surface area contributed by atoms with Gasteiger partial charge in [-0.05, 0) is 45.7 Å². The molecule has 1 aliphatic heterocycles. The average Bonchev–Trinajstić information content (AvgIpc) is 2.75. The number of sulfonamides is 1. The van der Waals surface area contributed by atoms with Gasteiger partial charge in [-0.15, -0.1) is 0 Å². The largest absolute Gasteiger partial charge is 0.346 e. The Morgan fingerprint density at radius 3 is 2.12 bits per heavy atom. The normalized spacial score (nSPS) is 16.7. The second-order valence-corrected chi connectivity index (χ2v) is 8.34. The van der Waals surface area contributed by atoms with Crippen LogP contribution in [0.3, 0.4) is 0 Å². The predicted molar refractivity (Wildman–Crippen MR) is 93.9 cm³/mol. The van der Waals surface area contributed by atoms with Gasteiger partial charge in [-0.3, -0.25) is 5.43 Å². The average molecular weight is 353 g/mol. The Morgan fingerprint density at radius 2 is 1.62 bits per heavy atom. The topological polar surface area (TPSA) is 69.7 Å². The summed E-state index contributed by atoms with van der Waals surface area (Å²) in [6.07, 6.45) is 4.29. The fraction of sp³-hybridized carbons (Fsp3) is 0.588. The summed E-state index contributed by atoms with van der Waals surface area (Å²) >= 11 is 0. The molecule has 0 aromatic heterocycles. The third-order valence-corrected chi connectivity index (χ3v) is 6.08. The molecule has 2 rings (SSSR count). The molecule has 7 heteroatoms. The SMILES string of the molecule is Cc1ccc(S(=O)(=O)N(C(=O)NN2CCCCCC2)C(C)C)cc1. The number of nitrogens with one attached hydrogen (secondary N) is 1. The van der Waals surface area contributed by atoms with Crippen molar-refractivity contribution in [1.29, 1.82) is 0 Å². The van der Waals surface area contributed by atoms with E-state index in [0.717, 1.165) is 48.6 Å². The van der Waals surface area contributed by atoms with Crippen LogP contribution in [0.25, 0.3) is 0 Å². The Morgan fingerprint density at radius 1 is 1.08 bits per heavy atom. The van der Waals surface area contributed by atoms with E-state index < -0.39 is 22.1 Å². The maximum Gasteiger partial charge on any atom is 0.346 e. The highest BCUT2D eigenvalue weighted by molar-refractivity contribution is 7.89. The molecule has 0 radical (unpaired) electrons. The van der Waals surface area contributed by atoms with E-state index in [1.54, 1.807) is 38.1 Å². The van der Waals surface area contributed by atoms with Crippen LogP contribution in [0, 0.1) is 6.92 Å². The number of hydrogen-bond donors (Lipinski definition) is 1. The van der Waals surface area contributed by atoms with Gasteiger partial charge in [0, 0.05) is 19.1 Å². The van der Waals surface area contributed by atoms with Crippen LogP contribution in [0.4, 0.5) is 4.79 Å². The molecule has 1 N–H and O–H groups in total. The zero-order chi connectivity index (χ0) is 17.7. The van der Waals surface area contributed by atoms with Crippen molar-refractivity contribution in [3.63, 3.8) is 0 Å². The van der Waals surface area contributed by atoms with Gasteiger partial charge in [0.1, 0.15) is 0 Å². The van der Waals surface area contributed by atoms with Gasteiger partial charge in [0.15, 0.2) is 0 Å². The van der Waals surface area contributed by atoms with Crippen LogP contribution in [0.1, 0.15) is 45.1 Å². The standard InChI is InChI=1S/C17H27N3O3S/c1-14(2)20(17(21)18-19-12-6-4-5-7-13-19)24(22,23)16-10-8-15(3)9-11-16/h8-11,14H,4-7,12-13H2,1-3H3,(H,18,21). The first-order valence-corrected chi connectivity index (χ1v) is 9.93. The number of nitrogens with zero attached hydrogens (tertiary/aromatic N) is 2. The highest BCUT2D eigenvalue weighted by Gasteiger charge is 2.32. The zero-order valence-electron chi connectivity index (χ0n) is 14.7. The maximum atomic E-state index is 12.9. The molecule has 1 aromatic rings. The molecule has 1 saturated heterocycles. The number of aryl methyl sites for hydroxylation is 1. The van der Waals surface area contributed by atoms with Gasteiger partial charge < -0.3 is 0 Å². The number of urea groups is 1. The van der Waals surface area contributed by atoms with Crippen molar-refractivity contribution in [2.45, 2.75) is 57.4 Å². The molecule has 0 saturated carbocycles. The molecule has 1 heterocycles. The van der Waals surface area contributed by atoms with Crippen LogP contribution in [-0.2, 0) is 10.0 Å². The molecule has 6 nitrogen and oxygen atoms in total. The lowest BCUT2D eigenvalue weighted by molar-refractivity contribution is 0.161. The van der Waals surface area contributed by atoms with E-state index in [4.69, 9.17) is 0 Å². The smallest absolute Gasteiger partial charge is 0.270 e. The van der Waals surface area contributed by atoms with Crippen LogP contribution in [-0.4, -0.2) is 42.9 Å². The summed E-state index contributed by atoms with van der Waals surface area (Å²) in [5.74, 6) is 0. The van der Waals surface area contributed by atoms with Gasteiger partial charge in [-0.2, -0.15) is 0 Å². The van der Waals surface area contributed by atoms with E-state index in [1.165, 1.54) is 0 Å². The zero-order valence-corrected chi connectivity index (χ0v) is 15.5. The highest BCUT2D eigenvalue weighted by Crippen LogP contribution is 2.19. The van der Waals surface area contributed by atoms with Crippen LogP contribution < -0.4 is 5.43 Å². The van der Waals surface area contributed by atoms with Gasteiger partial charge in [-0.25, -0.2) is 22.5 Å². The molecule has 1 aliphatic rings. The molecule has 0 aliphatic carbocycles. The van der Waals surface area contributed by atoms with Gasteiger partial charge in [0.2, 0.25) is 0 Å². The number of carbonyl (C=O) groups excluding carboxylic acids is 1. The van der Waals surface area contributed by atoms with Gasteiger partial charge in [0.05, 0.1) is 4.90 Å². The summed E-state index contributed by atoms with van der Waals surface area (Å²) in [6.45, 7) is 6.80. The fourth-order valence-corrected chi connectivity index (χ4v) is 4.33. The summed E-state index contributed by atoms with van der Waals surface area (Å²) in [7, 11) is -3.88. The van der Waals surface area contributed by atoms with Gasteiger partial charge in [-0.1, -0.05) is 30.5 Å². The van der Waals surface area contributed by atoms with Crippen molar-refractivity contribution in [2.75, 3.05) is 13.1 Å². The fourth-order valence-electron chi connectivity index (χ4n) is 2.81. The summed E-state index contributed by atoms with van der Waals surface area (Å²) < 4.78 is 26.7. The third kappa shape index (κ3) is 4.48. The lowest BCUT2D eigenvalue weighted by Crippen LogP contribution is -2.53. The van der Waals surface area contributed by atoms with E-state index in [2.05, 4.69) is 5.43 Å². The maximum absolute atomic E-state index is 12.9. The number of hydrogen-bond acceptors (Lipinski definition) is 4. The Balaban J connectivity index is 2.20. The van der Waals surface area contributed by atoms with Crippen molar-refractivity contribution in [3.05, 3.63) is 29.8 Å². The van der Waals surface area contributed by atoms with E-state index in [1.807, 2.05) is 11.9 Å². The summed E-state index contributed by atoms with van der Waals surface area (Å²) in [6, 6.07) is 5.49. The number of hydrazine groups is 1. The molecule has 0 unspecified atom stereocenters. The highest BCUT2D eigenvalue weighted by atomic mass is 32.2. The van der Waals surface area contributed by atoms with E-state index in [0.29, 0.717) is 0 Å². The molecule has 0 atom stereocenters. The van der Waals surface area contributed by atoms with E-state index >= 15 is 0 Å². The number of carbonyl (C=O) groups is 1. The van der Waals surface area contributed by atoms with E-state index in [-0.39, 0.29) is 4.90 Å². The second-order valence-electron chi connectivity index (χ2n) is 6.53. The quantitative estimate of drug-likeness (QED) is 0.903. The number of benzene rings is 1. The van der Waals surface area contributed by atoms with E-state index in [9.17, 15) is 13.2 Å². The third-order valence-electron chi connectivity index (χ3n) is 4.11. The van der Waals surface area contributed by atoms with Crippen molar-refractivity contribution in [2.24, 2.45) is 0 Å². The summed E-state index contributed by atoms with van der Waals surface area (Å²) in [5.41, 5.74) is 3.74. The first-order chi connectivity index (χ1) is 11.3. The van der Waals surface area contributed by atoms with Crippen LogP contribution in [0.15, 0.2) is 29.2 Å². The molecule has 134 valence electrons.